The number of methoxy groups -OCH3 is 1. The fourth-order valence-electron chi connectivity index (χ4n) is 5.94. The summed E-state index contributed by atoms with van der Waals surface area (Å²) in [6.07, 6.45) is 1.71. The molecule has 2 aromatic carbocycles. The largest absolute Gasteiger partial charge is 0.497 e. The van der Waals surface area contributed by atoms with Crippen molar-refractivity contribution in [1.29, 1.82) is 0 Å². The number of ether oxygens (including phenoxy) is 1. The summed E-state index contributed by atoms with van der Waals surface area (Å²) < 4.78 is 50.1. The summed E-state index contributed by atoms with van der Waals surface area (Å²) in [5.41, 5.74) is 1.22. The van der Waals surface area contributed by atoms with E-state index in [4.69, 9.17) is 14.2 Å². The maximum absolute atomic E-state index is 13.1. The molecule has 0 bridgehead atoms. The molecule has 3 aromatic rings. The molecule has 5 rings (SSSR count). The smallest absolute Gasteiger partial charge is 0.416 e. The predicted molar refractivity (Wildman–Crippen MR) is 138 cm³/mol. The van der Waals surface area contributed by atoms with Gasteiger partial charge in [-0.3, -0.25) is 0 Å². The zero-order valence-corrected chi connectivity index (χ0v) is 21.8. The molecule has 1 aliphatic carbocycles. The minimum Gasteiger partial charge on any atom is -0.497 e. The molecular weight excluding hydrogens is 493 g/mol. The third kappa shape index (κ3) is 5.89. The first-order valence-corrected chi connectivity index (χ1v) is 13.5. The summed E-state index contributed by atoms with van der Waals surface area (Å²) in [4.78, 5) is 7.13. The highest BCUT2D eigenvalue weighted by Crippen LogP contribution is 2.45. The predicted octanol–water partition coefficient (Wildman–Crippen LogP) is 5.93. The van der Waals surface area contributed by atoms with Crippen molar-refractivity contribution in [2.75, 3.05) is 33.3 Å². The van der Waals surface area contributed by atoms with Gasteiger partial charge >= 0.3 is 6.18 Å². The number of nitrogens with zero attached hydrogens (tertiary/aromatic N) is 3. The Balaban J connectivity index is 1.09. The van der Waals surface area contributed by atoms with Crippen molar-refractivity contribution in [1.82, 2.24) is 20.4 Å². The maximum Gasteiger partial charge on any atom is 0.416 e. The highest BCUT2D eigenvalue weighted by Gasteiger charge is 2.41. The van der Waals surface area contributed by atoms with E-state index in [9.17, 15) is 13.2 Å². The van der Waals surface area contributed by atoms with Gasteiger partial charge in [0.25, 0.3) is 0 Å². The van der Waals surface area contributed by atoms with Crippen molar-refractivity contribution < 1.29 is 22.4 Å². The monoisotopic (exact) mass is 528 g/mol. The molecule has 0 radical (unpaired) electrons. The van der Waals surface area contributed by atoms with E-state index in [1.54, 1.807) is 7.11 Å². The van der Waals surface area contributed by atoms with Gasteiger partial charge in [-0.1, -0.05) is 48.3 Å². The number of rotatable bonds is 9. The molecule has 2 heterocycles. The number of aromatic nitrogens is 2. The van der Waals surface area contributed by atoms with E-state index >= 15 is 0 Å². The summed E-state index contributed by atoms with van der Waals surface area (Å²) in [6.45, 7) is 3.89. The van der Waals surface area contributed by atoms with Crippen LogP contribution >= 0.6 is 0 Å². The highest BCUT2D eigenvalue weighted by atomic mass is 19.4. The topological polar surface area (TPSA) is 63.4 Å². The fourth-order valence-corrected chi connectivity index (χ4v) is 5.94. The van der Waals surface area contributed by atoms with Gasteiger partial charge in [-0.05, 0) is 74.0 Å². The first-order chi connectivity index (χ1) is 18.4. The second-order valence-corrected chi connectivity index (χ2v) is 10.4. The number of benzene rings is 2. The van der Waals surface area contributed by atoms with Gasteiger partial charge in [0.1, 0.15) is 5.75 Å². The van der Waals surface area contributed by atoms with E-state index in [1.807, 2.05) is 18.2 Å². The van der Waals surface area contributed by atoms with E-state index in [0.717, 1.165) is 87.9 Å². The van der Waals surface area contributed by atoms with Gasteiger partial charge in [-0.25, -0.2) is 0 Å². The number of hydrogen-bond acceptors (Lipinski definition) is 6. The van der Waals surface area contributed by atoms with E-state index in [0.29, 0.717) is 12.4 Å². The van der Waals surface area contributed by atoms with Gasteiger partial charge in [0.2, 0.25) is 5.89 Å². The zero-order chi connectivity index (χ0) is 26.6. The quantitative estimate of drug-likeness (QED) is 0.348. The molecule has 0 amide bonds. The Morgan fingerprint density at radius 1 is 1.08 bits per heavy atom. The molecule has 204 valence electrons. The standard InChI is InChI=1S/C29H35F3N4O2/c1-37-25-9-7-23(8-10-25)28(13-2-3-14-28)27-34-26(38-35-27)20-33-15-18-36-16-11-21(12-17-36)22-5-4-6-24(19-22)29(30,31)32/h4-10,19,21,33H,2-3,11-18,20H2,1H3. The van der Waals surface area contributed by atoms with Crippen molar-refractivity contribution in [3.63, 3.8) is 0 Å². The molecule has 0 unspecified atom stereocenters. The van der Waals surface area contributed by atoms with Crippen LogP contribution in [0, 0.1) is 0 Å². The molecule has 2 fully saturated rings. The Morgan fingerprint density at radius 3 is 2.50 bits per heavy atom. The van der Waals surface area contributed by atoms with Crippen LogP contribution < -0.4 is 10.1 Å². The van der Waals surface area contributed by atoms with E-state index in [2.05, 4.69) is 27.5 Å². The van der Waals surface area contributed by atoms with Crippen LogP contribution in [0.4, 0.5) is 13.2 Å². The Morgan fingerprint density at radius 2 is 1.82 bits per heavy atom. The summed E-state index contributed by atoms with van der Waals surface area (Å²) in [7, 11) is 1.67. The molecule has 1 aliphatic heterocycles. The van der Waals surface area contributed by atoms with Crippen LogP contribution in [-0.2, 0) is 18.1 Å². The third-order valence-corrected chi connectivity index (χ3v) is 8.15. The number of piperidine rings is 1. The first kappa shape index (κ1) is 26.7. The number of alkyl halides is 3. The van der Waals surface area contributed by atoms with Gasteiger partial charge in [-0.2, -0.15) is 18.2 Å². The lowest BCUT2D eigenvalue weighted by Gasteiger charge is -2.32. The molecule has 1 N–H and O–H groups in total. The van der Waals surface area contributed by atoms with Gasteiger partial charge < -0.3 is 19.5 Å². The number of likely N-dealkylation sites (tertiary alicyclic amines) is 1. The van der Waals surface area contributed by atoms with Crippen LogP contribution in [-0.4, -0.2) is 48.3 Å². The van der Waals surface area contributed by atoms with Gasteiger partial charge in [-0.15, -0.1) is 0 Å². The molecule has 6 nitrogen and oxygen atoms in total. The van der Waals surface area contributed by atoms with Crippen molar-refractivity contribution in [2.24, 2.45) is 0 Å². The van der Waals surface area contributed by atoms with Gasteiger partial charge in [0.05, 0.1) is 24.6 Å². The first-order valence-electron chi connectivity index (χ1n) is 13.5. The summed E-state index contributed by atoms with van der Waals surface area (Å²) in [5.74, 6) is 2.35. The summed E-state index contributed by atoms with van der Waals surface area (Å²) in [6, 6.07) is 14.0. The Hall–Kier alpha value is -2.91. The average molecular weight is 529 g/mol. The van der Waals surface area contributed by atoms with E-state index < -0.39 is 11.7 Å². The Kier molecular flexibility index (Phi) is 8.04. The van der Waals surface area contributed by atoms with Crippen LogP contribution in [0.1, 0.15) is 72.8 Å². The van der Waals surface area contributed by atoms with Crippen molar-refractivity contribution in [2.45, 2.75) is 62.6 Å². The lowest BCUT2D eigenvalue weighted by atomic mass is 9.78. The molecule has 0 spiro atoms. The Bertz CT molecular complexity index is 1180. The SMILES string of the molecule is COc1ccc(C2(c3noc(CNCCN4CCC(c5cccc(C(F)(F)F)c5)CC4)n3)CCCC2)cc1. The van der Waals surface area contributed by atoms with Crippen molar-refractivity contribution in [3.8, 4) is 5.75 Å². The molecular formula is C29H35F3N4O2. The fraction of sp³-hybridized carbons (Fsp3) is 0.517. The number of hydrogen-bond donors (Lipinski definition) is 1. The van der Waals surface area contributed by atoms with Crippen LogP contribution in [0.5, 0.6) is 5.75 Å². The van der Waals surface area contributed by atoms with E-state index in [-0.39, 0.29) is 11.3 Å². The van der Waals surface area contributed by atoms with Crippen molar-refractivity contribution in [3.05, 3.63) is 76.9 Å². The lowest BCUT2D eigenvalue weighted by molar-refractivity contribution is -0.137. The number of nitrogens with one attached hydrogen (secondary N) is 1. The second-order valence-electron chi connectivity index (χ2n) is 10.4. The molecule has 1 saturated carbocycles. The maximum atomic E-state index is 13.1. The molecule has 38 heavy (non-hydrogen) atoms. The van der Waals surface area contributed by atoms with Crippen LogP contribution in [0.15, 0.2) is 53.1 Å². The van der Waals surface area contributed by atoms with E-state index in [1.165, 1.54) is 17.7 Å². The van der Waals surface area contributed by atoms with Gasteiger partial charge in [0, 0.05) is 13.1 Å². The molecule has 0 atom stereocenters. The summed E-state index contributed by atoms with van der Waals surface area (Å²) >= 11 is 0. The lowest BCUT2D eigenvalue weighted by Crippen LogP contribution is -2.37. The normalized spacial score (nSPS) is 18.6. The molecule has 1 saturated heterocycles. The van der Waals surface area contributed by atoms with Crippen LogP contribution in [0.25, 0.3) is 0 Å². The third-order valence-electron chi connectivity index (χ3n) is 8.15. The Labute approximate surface area is 221 Å². The van der Waals surface area contributed by atoms with Gasteiger partial charge in [0.15, 0.2) is 5.82 Å². The number of halogens is 3. The average Bonchev–Trinajstić information content (AvgIpc) is 3.62. The highest BCUT2D eigenvalue weighted by molar-refractivity contribution is 5.38. The molecule has 2 aliphatic rings. The molecule has 9 heteroatoms. The molecule has 1 aromatic heterocycles. The van der Waals surface area contributed by atoms with Crippen LogP contribution in [0.3, 0.4) is 0 Å². The zero-order valence-electron chi connectivity index (χ0n) is 21.8. The summed E-state index contributed by atoms with van der Waals surface area (Å²) in [5, 5.41) is 7.79. The van der Waals surface area contributed by atoms with Crippen LogP contribution in [0.2, 0.25) is 0 Å². The minimum atomic E-state index is -4.30. The van der Waals surface area contributed by atoms with Crippen molar-refractivity contribution >= 4 is 0 Å². The minimum absolute atomic E-state index is 0.173. The second kappa shape index (κ2) is 11.5.